The van der Waals surface area contributed by atoms with Crippen molar-refractivity contribution < 1.29 is 9.90 Å². The molecule has 0 aliphatic heterocycles. The van der Waals surface area contributed by atoms with Crippen LogP contribution in [0.25, 0.3) is 0 Å². The summed E-state index contributed by atoms with van der Waals surface area (Å²) in [5.41, 5.74) is 1.72. The Morgan fingerprint density at radius 1 is 1.27 bits per heavy atom. The number of benzene rings is 1. The van der Waals surface area contributed by atoms with Gasteiger partial charge in [0.2, 0.25) is 5.91 Å². The number of carbonyl (C=O) groups excluding carboxylic acids is 1. The molecule has 1 unspecified atom stereocenters. The van der Waals surface area contributed by atoms with E-state index in [1.165, 1.54) is 0 Å². The van der Waals surface area contributed by atoms with Crippen LogP contribution < -0.4 is 10.2 Å². The average Bonchev–Trinajstić information content (AvgIpc) is 2.54. The molecule has 0 bridgehead atoms. The third kappa shape index (κ3) is 4.56. The second kappa shape index (κ2) is 7.56. The number of hydrogen-bond donors (Lipinski definition) is 2. The Bertz CT molecular complexity index is 614. The minimum atomic E-state index is -0.782. The van der Waals surface area contributed by atoms with E-state index in [9.17, 15) is 9.90 Å². The number of aliphatic hydroxyl groups excluding tert-OH is 1. The number of rotatable bonds is 6. The standard InChI is InChI=1S/C17H21N3O2/c1-20(2)16-10-13(8-9-18-16)12-19-17(22)11-15(21)14-6-4-3-5-7-14/h3-10,15,21H,11-12H2,1-2H3,(H,19,22). The Hall–Kier alpha value is -2.40. The fourth-order valence-electron chi connectivity index (χ4n) is 2.06. The van der Waals surface area contributed by atoms with Gasteiger partial charge in [-0.25, -0.2) is 4.98 Å². The van der Waals surface area contributed by atoms with Crippen LogP contribution in [0.2, 0.25) is 0 Å². The van der Waals surface area contributed by atoms with Crippen LogP contribution in [0.15, 0.2) is 48.7 Å². The molecule has 116 valence electrons. The van der Waals surface area contributed by atoms with Crippen LogP contribution >= 0.6 is 0 Å². The lowest BCUT2D eigenvalue weighted by atomic mass is 10.1. The minimum absolute atomic E-state index is 0.0512. The number of pyridine rings is 1. The molecule has 0 radical (unpaired) electrons. The van der Waals surface area contributed by atoms with Crippen molar-refractivity contribution >= 4 is 11.7 Å². The molecule has 2 aromatic rings. The number of aromatic nitrogens is 1. The summed E-state index contributed by atoms with van der Waals surface area (Å²) in [6.45, 7) is 0.420. The largest absolute Gasteiger partial charge is 0.388 e. The van der Waals surface area contributed by atoms with Gasteiger partial charge in [-0.05, 0) is 23.3 Å². The molecule has 1 aromatic heterocycles. The first-order valence-electron chi connectivity index (χ1n) is 7.18. The predicted octanol–water partition coefficient (Wildman–Crippen LogP) is 1.89. The van der Waals surface area contributed by atoms with E-state index in [-0.39, 0.29) is 12.3 Å². The zero-order valence-corrected chi connectivity index (χ0v) is 12.9. The fraction of sp³-hybridized carbons (Fsp3) is 0.294. The lowest BCUT2D eigenvalue weighted by Gasteiger charge is -2.13. The summed E-state index contributed by atoms with van der Waals surface area (Å²) in [5.74, 6) is 0.663. The minimum Gasteiger partial charge on any atom is -0.388 e. The summed E-state index contributed by atoms with van der Waals surface area (Å²) in [7, 11) is 3.84. The molecule has 1 amide bonds. The van der Waals surface area contributed by atoms with E-state index < -0.39 is 6.10 Å². The Balaban J connectivity index is 1.86. The molecular weight excluding hydrogens is 278 g/mol. The van der Waals surface area contributed by atoms with Gasteiger partial charge in [-0.1, -0.05) is 30.3 Å². The van der Waals surface area contributed by atoms with E-state index in [1.54, 1.807) is 6.20 Å². The van der Waals surface area contributed by atoms with Gasteiger partial charge in [0.05, 0.1) is 12.5 Å². The molecule has 0 saturated carbocycles. The number of nitrogens with zero attached hydrogens (tertiary/aromatic N) is 2. The van der Waals surface area contributed by atoms with Gasteiger partial charge in [0, 0.05) is 26.8 Å². The molecule has 0 spiro atoms. The van der Waals surface area contributed by atoms with Gasteiger partial charge in [0.25, 0.3) is 0 Å². The number of anilines is 1. The fourth-order valence-corrected chi connectivity index (χ4v) is 2.06. The third-order valence-electron chi connectivity index (χ3n) is 3.32. The topological polar surface area (TPSA) is 65.5 Å². The van der Waals surface area contributed by atoms with Crippen molar-refractivity contribution in [2.24, 2.45) is 0 Å². The van der Waals surface area contributed by atoms with E-state index >= 15 is 0 Å². The van der Waals surface area contributed by atoms with Gasteiger partial charge in [0.15, 0.2) is 0 Å². The number of aliphatic hydroxyl groups is 1. The smallest absolute Gasteiger partial charge is 0.223 e. The third-order valence-corrected chi connectivity index (χ3v) is 3.32. The van der Waals surface area contributed by atoms with Crippen LogP contribution in [0.4, 0.5) is 5.82 Å². The first-order chi connectivity index (χ1) is 10.6. The van der Waals surface area contributed by atoms with Gasteiger partial charge in [-0.3, -0.25) is 4.79 Å². The first kappa shape index (κ1) is 16.0. The summed E-state index contributed by atoms with van der Waals surface area (Å²) in [5, 5.41) is 12.8. The maximum atomic E-state index is 11.9. The van der Waals surface area contributed by atoms with Crippen molar-refractivity contribution in [3.63, 3.8) is 0 Å². The Morgan fingerprint density at radius 3 is 2.68 bits per heavy atom. The van der Waals surface area contributed by atoms with Crippen LogP contribution in [0, 0.1) is 0 Å². The van der Waals surface area contributed by atoms with E-state index in [2.05, 4.69) is 10.3 Å². The van der Waals surface area contributed by atoms with E-state index in [0.29, 0.717) is 6.54 Å². The lowest BCUT2D eigenvalue weighted by Crippen LogP contribution is -2.24. The first-order valence-corrected chi connectivity index (χ1v) is 7.18. The van der Waals surface area contributed by atoms with Crippen molar-refractivity contribution in [2.75, 3.05) is 19.0 Å². The molecular formula is C17H21N3O2. The maximum Gasteiger partial charge on any atom is 0.223 e. The Morgan fingerprint density at radius 2 is 2.00 bits per heavy atom. The van der Waals surface area contributed by atoms with Crippen molar-refractivity contribution in [3.8, 4) is 0 Å². The van der Waals surface area contributed by atoms with Crippen LogP contribution in [0.1, 0.15) is 23.7 Å². The van der Waals surface area contributed by atoms with Crippen molar-refractivity contribution in [1.29, 1.82) is 0 Å². The van der Waals surface area contributed by atoms with Crippen LogP contribution in [0.3, 0.4) is 0 Å². The zero-order valence-electron chi connectivity index (χ0n) is 12.9. The van der Waals surface area contributed by atoms with Crippen molar-refractivity contribution in [2.45, 2.75) is 19.1 Å². The zero-order chi connectivity index (χ0) is 15.9. The molecule has 5 nitrogen and oxygen atoms in total. The number of nitrogens with one attached hydrogen (secondary N) is 1. The van der Waals surface area contributed by atoms with Gasteiger partial charge < -0.3 is 15.3 Å². The molecule has 5 heteroatoms. The average molecular weight is 299 g/mol. The highest BCUT2D eigenvalue weighted by Crippen LogP contribution is 2.16. The highest BCUT2D eigenvalue weighted by Gasteiger charge is 2.12. The van der Waals surface area contributed by atoms with Crippen molar-refractivity contribution in [1.82, 2.24) is 10.3 Å². The molecule has 2 N–H and O–H groups in total. The molecule has 1 aromatic carbocycles. The van der Waals surface area contributed by atoms with Gasteiger partial charge >= 0.3 is 0 Å². The van der Waals surface area contributed by atoms with Crippen LogP contribution in [-0.2, 0) is 11.3 Å². The molecule has 2 rings (SSSR count). The second-order valence-electron chi connectivity index (χ2n) is 5.32. The Labute approximate surface area is 130 Å². The summed E-state index contributed by atoms with van der Waals surface area (Å²) >= 11 is 0. The molecule has 0 saturated heterocycles. The van der Waals surface area contributed by atoms with E-state index in [1.807, 2.05) is 61.5 Å². The normalized spacial score (nSPS) is 11.8. The predicted molar refractivity (Wildman–Crippen MR) is 86.4 cm³/mol. The van der Waals surface area contributed by atoms with E-state index in [4.69, 9.17) is 0 Å². The summed E-state index contributed by atoms with van der Waals surface area (Å²) in [4.78, 5) is 18.1. The molecule has 1 heterocycles. The van der Waals surface area contributed by atoms with E-state index in [0.717, 1.165) is 16.9 Å². The molecule has 0 aliphatic rings. The number of hydrogen-bond acceptors (Lipinski definition) is 4. The van der Waals surface area contributed by atoms with Crippen molar-refractivity contribution in [3.05, 3.63) is 59.8 Å². The highest BCUT2D eigenvalue weighted by molar-refractivity contribution is 5.76. The highest BCUT2D eigenvalue weighted by atomic mass is 16.3. The van der Waals surface area contributed by atoms with Crippen LogP contribution in [0.5, 0.6) is 0 Å². The van der Waals surface area contributed by atoms with Crippen LogP contribution in [-0.4, -0.2) is 30.1 Å². The lowest BCUT2D eigenvalue weighted by molar-refractivity contribution is -0.123. The van der Waals surface area contributed by atoms with Gasteiger partial charge in [0.1, 0.15) is 5.82 Å². The SMILES string of the molecule is CN(C)c1cc(CNC(=O)CC(O)c2ccccc2)ccn1. The monoisotopic (exact) mass is 299 g/mol. The molecule has 0 fully saturated rings. The Kier molecular flexibility index (Phi) is 5.49. The number of carbonyl (C=O) groups is 1. The number of amides is 1. The summed E-state index contributed by atoms with van der Waals surface area (Å²) in [6.07, 6.45) is 0.988. The maximum absolute atomic E-state index is 11.9. The second-order valence-corrected chi connectivity index (χ2v) is 5.32. The quantitative estimate of drug-likeness (QED) is 0.855. The summed E-state index contributed by atoms with van der Waals surface area (Å²) < 4.78 is 0. The molecule has 22 heavy (non-hydrogen) atoms. The summed E-state index contributed by atoms with van der Waals surface area (Å²) in [6, 6.07) is 13.0. The van der Waals surface area contributed by atoms with Gasteiger partial charge in [-0.15, -0.1) is 0 Å². The molecule has 0 aliphatic carbocycles. The van der Waals surface area contributed by atoms with Gasteiger partial charge in [-0.2, -0.15) is 0 Å². The molecule has 1 atom stereocenters.